The molecule has 1 rings (SSSR count). The quantitative estimate of drug-likeness (QED) is 0.792. The van der Waals surface area contributed by atoms with E-state index in [0.29, 0.717) is 6.07 Å². The zero-order valence-corrected chi connectivity index (χ0v) is 11.6. The lowest BCUT2D eigenvalue weighted by atomic mass is 10.1. The minimum atomic E-state index is -4.93. The first-order valence-corrected chi connectivity index (χ1v) is 6.12. The highest BCUT2D eigenvalue weighted by Crippen LogP contribution is 2.35. The monoisotopic (exact) mass is 379 g/mol. The molecule has 21 heavy (non-hydrogen) atoms. The second kappa shape index (κ2) is 6.22. The maximum Gasteiger partial charge on any atom is 0.417 e. The van der Waals surface area contributed by atoms with E-state index in [2.05, 4.69) is 15.9 Å². The van der Waals surface area contributed by atoms with Crippen LogP contribution >= 0.6 is 15.9 Å². The summed E-state index contributed by atoms with van der Waals surface area (Å²) >= 11 is 2.66. The van der Waals surface area contributed by atoms with Gasteiger partial charge in [0, 0.05) is 10.0 Å². The highest BCUT2D eigenvalue weighted by Gasteiger charge is 2.38. The standard InChI is InChI=1S/C11H8BrF6NO2/c12-7-2-1-5(3-6(7)10(13,14)15)9(21)19-4-8(20)11(16,17)18/h1-3,8,20H,4H2,(H,19,21). The topological polar surface area (TPSA) is 49.3 Å². The van der Waals surface area contributed by atoms with Crippen LogP contribution in [0.5, 0.6) is 0 Å². The lowest BCUT2D eigenvalue weighted by Crippen LogP contribution is -2.40. The first-order chi connectivity index (χ1) is 9.43. The molecule has 0 saturated heterocycles. The molecule has 0 saturated carbocycles. The normalized spacial score (nSPS) is 13.9. The number of benzene rings is 1. The Morgan fingerprint density at radius 3 is 2.29 bits per heavy atom. The maximum atomic E-state index is 12.6. The molecule has 0 aliphatic rings. The molecule has 10 heteroatoms. The van der Waals surface area contributed by atoms with Crippen LogP contribution in [-0.4, -0.2) is 29.8 Å². The average Bonchev–Trinajstić information content (AvgIpc) is 2.33. The third-order valence-corrected chi connectivity index (χ3v) is 3.06. The van der Waals surface area contributed by atoms with E-state index in [0.717, 1.165) is 12.1 Å². The Kier molecular flexibility index (Phi) is 5.26. The van der Waals surface area contributed by atoms with Gasteiger partial charge in [-0.15, -0.1) is 0 Å². The summed E-state index contributed by atoms with van der Waals surface area (Å²) < 4.78 is 73.6. The van der Waals surface area contributed by atoms with Crippen molar-refractivity contribution in [1.82, 2.24) is 5.32 Å². The van der Waals surface area contributed by atoms with Gasteiger partial charge in [-0.25, -0.2) is 0 Å². The van der Waals surface area contributed by atoms with Crippen molar-refractivity contribution in [3.63, 3.8) is 0 Å². The molecule has 1 unspecified atom stereocenters. The van der Waals surface area contributed by atoms with Gasteiger partial charge in [-0.2, -0.15) is 26.3 Å². The van der Waals surface area contributed by atoms with Crippen molar-refractivity contribution in [2.75, 3.05) is 6.54 Å². The Bertz CT molecular complexity index is 528. The maximum absolute atomic E-state index is 12.6. The zero-order chi connectivity index (χ0) is 16.4. The van der Waals surface area contributed by atoms with Crippen LogP contribution in [-0.2, 0) is 6.18 Å². The van der Waals surface area contributed by atoms with Gasteiger partial charge in [0.25, 0.3) is 5.91 Å². The number of nitrogens with one attached hydrogen (secondary N) is 1. The third kappa shape index (κ3) is 4.88. The molecule has 2 N–H and O–H groups in total. The molecule has 3 nitrogen and oxygen atoms in total. The first kappa shape index (κ1) is 17.8. The summed E-state index contributed by atoms with van der Waals surface area (Å²) in [5.41, 5.74) is -1.61. The molecule has 1 amide bonds. The lowest BCUT2D eigenvalue weighted by Gasteiger charge is -2.15. The van der Waals surface area contributed by atoms with Crippen molar-refractivity contribution in [3.8, 4) is 0 Å². The van der Waals surface area contributed by atoms with Crippen molar-refractivity contribution in [2.24, 2.45) is 0 Å². The molecule has 118 valence electrons. The molecule has 1 atom stereocenters. The fourth-order valence-corrected chi connectivity index (χ4v) is 1.76. The summed E-state index contributed by atoms with van der Waals surface area (Å²) in [6.07, 6.45) is -12.4. The van der Waals surface area contributed by atoms with Gasteiger partial charge in [0.2, 0.25) is 0 Å². The molecule has 0 spiro atoms. The average molecular weight is 380 g/mol. The van der Waals surface area contributed by atoms with Crippen LogP contribution in [0.4, 0.5) is 26.3 Å². The van der Waals surface area contributed by atoms with Gasteiger partial charge in [0.1, 0.15) is 0 Å². The van der Waals surface area contributed by atoms with Crippen LogP contribution in [0.15, 0.2) is 22.7 Å². The van der Waals surface area contributed by atoms with Crippen LogP contribution in [0.3, 0.4) is 0 Å². The Balaban J connectivity index is 2.85. The highest BCUT2D eigenvalue weighted by molar-refractivity contribution is 9.10. The number of carbonyl (C=O) groups is 1. The van der Waals surface area contributed by atoms with Gasteiger partial charge in [-0.05, 0) is 18.2 Å². The second-order valence-electron chi connectivity index (χ2n) is 3.96. The summed E-state index contributed by atoms with van der Waals surface area (Å²) in [5.74, 6) is -1.16. The molecular formula is C11H8BrF6NO2. The summed E-state index contributed by atoms with van der Waals surface area (Å²) in [4.78, 5) is 11.5. The fourth-order valence-electron chi connectivity index (χ4n) is 1.29. The van der Waals surface area contributed by atoms with Crippen molar-refractivity contribution in [2.45, 2.75) is 18.5 Å². The minimum Gasteiger partial charge on any atom is -0.382 e. The summed E-state index contributed by atoms with van der Waals surface area (Å²) in [6, 6.07) is 2.46. The number of halogens is 7. The van der Waals surface area contributed by atoms with Crippen molar-refractivity contribution >= 4 is 21.8 Å². The SMILES string of the molecule is O=C(NCC(O)C(F)(F)F)c1ccc(Br)c(C(F)(F)F)c1. The summed E-state index contributed by atoms with van der Waals surface area (Å²) in [5, 5.41) is 10.4. The van der Waals surface area contributed by atoms with E-state index in [1.165, 1.54) is 0 Å². The lowest BCUT2D eigenvalue weighted by molar-refractivity contribution is -0.201. The molecule has 0 aromatic heterocycles. The number of carbonyl (C=O) groups excluding carboxylic acids is 1. The van der Waals surface area contributed by atoms with Crippen LogP contribution in [0.25, 0.3) is 0 Å². The first-order valence-electron chi connectivity index (χ1n) is 5.32. The number of aliphatic hydroxyl groups excluding tert-OH is 1. The number of hydrogen-bond donors (Lipinski definition) is 2. The molecule has 0 fully saturated rings. The van der Waals surface area contributed by atoms with Crippen LogP contribution in [0.1, 0.15) is 15.9 Å². The smallest absolute Gasteiger partial charge is 0.382 e. The van der Waals surface area contributed by atoms with Crippen LogP contribution < -0.4 is 5.32 Å². The Morgan fingerprint density at radius 2 is 1.81 bits per heavy atom. The zero-order valence-electron chi connectivity index (χ0n) is 10.0. The molecule has 1 aromatic rings. The van der Waals surface area contributed by atoms with Gasteiger partial charge in [0.05, 0.1) is 12.1 Å². The molecule has 0 radical (unpaired) electrons. The second-order valence-corrected chi connectivity index (χ2v) is 4.81. The molecule has 0 aliphatic carbocycles. The molecular weight excluding hydrogens is 372 g/mol. The highest BCUT2D eigenvalue weighted by atomic mass is 79.9. The Hall–Kier alpha value is -1.29. The van der Waals surface area contributed by atoms with E-state index in [-0.39, 0.29) is 4.47 Å². The molecule has 0 heterocycles. The van der Waals surface area contributed by atoms with E-state index in [1.54, 1.807) is 5.32 Å². The summed E-state index contributed by atoms with van der Waals surface area (Å²) in [6.45, 7) is -1.15. The van der Waals surface area contributed by atoms with E-state index in [1.807, 2.05) is 0 Å². The van der Waals surface area contributed by atoms with E-state index < -0.39 is 42.0 Å². The van der Waals surface area contributed by atoms with Gasteiger partial charge in [-0.3, -0.25) is 4.79 Å². The van der Waals surface area contributed by atoms with E-state index >= 15 is 0 Å². The van der Waals surface area contributed by atoms with Gasteiger partial charge in [0.15, 0.2) is 6.10 Å². The van der Waals surface area contributed by atoms with E-state index in [4.69, 9.17) is 5.11 Å². The van der Waals surface area contributed by atoms with Crippen LogP contribution in [0.2, 0.25) is 0 Å². The van der Waals surface area contributed by atoms with Crippen LogP contribution in [0, 0.1) is 0 Å². The van der Waals surface area contributed by atoms with Crippen molar-refractivity contribution in [1.29, 1.82) is 0 Å². The van der Waals surface area contributed by atoms with Crippen molar-refractivity contribution < 1.29 is 36.2 Å². The largest absolute Gasteiger partial charge is 0.417 e. The van der Waals surface area contributed by atoms with E-state index in [9.17, 15) is 31.1 Å². The number of alkyl halides is 6. The number of amides is 1. The van der Waals surface area contributed by atoms with Gasteiger partial charge in [-0.1, -0.05) is 15.9 Å². The predicted octanol–water partition coefficient (Wildman–Crippen LogP) is 3.12. The molecule has 0 bridgehead atoms. The fraction of sp³-hybridized carbons (Fsp3) is 0.364. The van der Waals surface area contributed by atoms with Crippen molar-refractivity contribution in [3.05, 3.63) is 33.8 Å². The van der Waals surface area contributed by atoms with Gasteiger partial charge < -0.3 is 10.4 Å². The number of aliphatic hydroxyl groups is 1. The Labute approximate surface area is 123 Å². The Morgan fingerprint density at radius 1 is 1.24 bits per heavy atom. The summed E-state index contributed by atoms with van der Waals surface area (Å²) in [7, 11) is 0. The number of hydrogen-bond acceptors (Lipinski definition) is 2. The number of rotatable bonds is 3. The molecule has 1 aromatic carbocycles. The molecule has 0 aliphatic heterocycles. The minimum absolute atomic E-state index is 0.304. The van der Waals surface area contributed by atoms with Gasteiger partial charge >= 0.3 is 12.4 Å². The predicted molar refractivity (Wildman–Crippen MR) is 63.5 cm³/mol. The third-order valence-electron chi connectivity index (χ3n) is 2.37.